The van der Waals surface area contributed by atoms with Crippen LogP contribution in [-0.2, 0) is 40.2 Å². The molecule has 5 rings (SSSR count). The summed E-state index contributed by atoms with van der Waals surface area (Å²) in [6, 6.07) is 14.4. The van der Waals surface area contributed by atoms with Crippen molar-refractivity contribution in [2.45, 2.75) is 58.0 Å². The molecule has 0 spiro atoms. The van der Waals surface area contributed by atoms with Gasteiger partial charge >= 0.3 is 6.09 Å². The number of rotatable bonds is 5. The average Bonchev–Trinajstić information content (AvgIpc) is 3.04. The normalized spacial score (nSPS) is 22.6. The maximum Gasteiger partial charge on any atom is 0.407 e. The van der Waals surface area contributed by atoms with E-state index in [2.05, 4.69) is 9.88 Å². The average molecular weight is 424 g/mol. The minimum Gasteiger partial charge on any atom is -0.445 e. The molecule has 3 aromatic rings. The van der Waals surface area contributed by atoms with Crippen LogP contribution in [0.5, 0.6) is 0 Å². The molecule has 7 heteroatoms. The van der Waals surface area contributed by atoms with Crippen LogP contribution in [-0.4, -0.2) is 29.3 Å². The molecular formula is C24H25FN2O4. The number of carbonyl (C=O) groups is 1. The van der Waals surface area contributed by atoms with Gasteiger partial charge in [-0.3, -0.25) is 0 Å². The van der Waals surface area contributed by atoms with Gasteiger partial charge in [-0.2, -0.15) is 0 Å². The predicted octanol–water partition coefficient (Wildman–Crippen LogP) is 4.28. The molecule has 2 heterocycles. The van der Waals surface area contributed by atoms with Gasteiger partial charge in [0.1, 0.15) is 12.4 Å². The molecule has 0 unspecified atom stereocenters. The third-order valence-electron chi connectivity index (χ3n) is 5.98. The molecule has 0 bridgehead atoms. The number of aromatic nitrogens is 1. The van der Waals surface area contributed by atoms with Crippen molar-refractivity contribution in [2.24, 2.45) is 0 Å². The third-order valence-corrected chi connectivity index (χ3v) is 5.98. The summed E-state index contributed by atoms with van der Waals surface area (Å²) in [4.78, 5) is 12.3. The number of benzene rings is 2. The van der Waals surface area contributed by atoms with Crippen LogP contribution in [0, 0.1) is 5.82 Å². The van der Waals surface area contributed by atoms with Crippen LogP contribution < -0.4 is 5.32 Å². The molecule has 2 aromatic carbocycles. The summed E-state index contributed by atoms with van der Waals surface area (Å²) >= 11 is 0. The predicted molar refractivity (Wildman–Crippen MR) is 113 cm³/mol. The zero-order valence-corrected chi connectivity index (χ0v) is 17.3. The van der Waals surface area contributed by atoms with Crippen molar-refractivity contribution < 1.29 is 23.4 Å². The van der Waals surface area contributed by atoms with Crippen molar-refractivity contribution in [1.29, 1.82) is 0 Å². The largest absolute Gasteiger partial charge is 0.445 e. The lowest BCUT2D eigenvalue weighted by Crippen LogP contribution is -2.42. The van der Waals surface area contributed by atoms with Crippen LogP contribution in [0.1, 0.15) is 30.2 Å². The van der Waals surface area contributed by atoms with Gasteiger partial charge in [-0.15, -0.1) is 0 Å². The van der Waals surface area contributed by atoms with Gasteiger partial charge in [0.2, 0.25) is 0 Å². The Morgan fingerprint density at radius 3 is 2.81 bits per heavy atom. The quantitative estimate of drug-likeness (QED) is 0.664. The summed E-state index contributed by atoms with van der Waals surface area (Å²) in [7, 11) is 0. The maximum atomic E-state index is 14.0. The second-order valence-corrected chi connectivity index (χ2v) is 8.11. The molecule has 1 aliphatic heterocycles. The van der Waals surface area contributed by atoms with Crippen LogP contribution in [0.2, 0.25) is 0 Å². The minimum absolute atomic E-state index is 0.0608. The highest BCUT2D eigenvalue weighted by atomic mass is 19.1. The molecule has 31 heavy (non-hydrogen) atoms. The van der Waals surface area contributed by atoms with Gasteiger partial charge in [0.25, 0.3) is 0 Å². The third kappa shape index (κ3) is 4.16. The molecular weight excluding hydrogens is 399 g/mol. The lowest BCUT2D eigenvalue weighted by Gasteiger charge is -2.35. The number of amides is 1. The monoisotopic (exact) mass is 424 g/mol. The fourth-order valence-electron chi connectivity index (χ4n) is 4.56. The topological polar surface area (TPSA) is 61.7 Å². The number of carbonyl (C=O) groups excluding carboxylic acids is 1. The van der Waals surface area contributed by atoms with Gasteiger partial charge in [-0.25, -0.2) is 9.18 Å². The Labute approximate surface area is 179 Å². The first kappa shape index (κ1) is 20.0. The molecule has 6 nitrogen and oxygen atoms in total. The van der Waals surface area contributed by atoms with E-state index in [0.717, 1.165) is 40.6 Å². The number of halogens is 1. The van der Waals surface area contributed by atoms with Crippen molar-refractivity contribution >= 4 is 17.0 Å². The summed E-state index contributed by atoms with van der Waals surface area (Å²) < 4.78 is 32.8. The number of hydrogen-bond donors (Lipinski definition) is 1. The Bertz CT molecular complexity index is 1090. The number of hydrogen-bond acceptors (Lipinski definition) is 4. The van der Waals surface area contributed by atoms with E-state index >= 15 is 0 Å². The summed E-state index contributed by atoms with van der Waals surface area (Å²) in [5, 5.41) is 3.85. The second-order valence-electron chi connectivity index (χ2n) is 8.11. The van der Waals surface area contributed by atoms with E-state index in [1.54, 1.807) is 6.07 Å². The van der Waals surface area contributed by atoms with Crippen LogP contribution in [0.15, 0.2) is 48.5 Å². The lowest BCUT2D eigenvalue weighted by molar-refractivity contribution is -0.379. The van der Waals surface area contributed by atoms with E-state index in [-0.39, 0.29) is 31.0 Å². The SMILES string of the molecule is CC1OC(Cn2c3c(c4cc(F)ccc42)C[C@@H](NC(=O)OCc2ccccc2)CC3)O1. The number of nitrogens with one attached hydrogen (secondary N) is 1. The first-order valence-electron chi connectivity index (χ1n) is 10.6. The van der Waals surface area contributed by atoms with E-state index < -0.39 is 6.09 Å². The van der Waals surface area contributed by atoms with E-state index in [0.29, 0.717) is 13.0 Å². The fraction of sp³-hybridized carbons (Fsp3) is 0.375. The Morgan fingerprint density at radius 2 is 2.03 bits per heavy atom. The molecule has 0 radical (unpaired) electrons. The Morgan fingerprint density at radius 1 is 1.23 bits per heavy atom. The lowest BCUT2D eigenvalue weighted by atomic mass is 9.91. The second kappa shape index (κ2) is 8.32. The molecule has 0 saturated carbocycles. The van der Waals surface area contributed by atoms with Crippen LogP contribution in [0.4, 0.5) is 9.18 Å². The van der Waals surface area contributed by atoms with E-state index in [9.17, 15) is 9.18 Å². The van der Waals surface area contributed by atoms with Crippen LogP contribution in [0.25, 0.3) is 10.9 Å². The highest BCUT2D eigenvalue weighted by Gasteiger charge is 2.31. The van der Waals surface area contributed by atoms with Crippen LogP contribution >= 0.6 is 0 Å². The smallest absolute Gasteiger partial charge is 0.407 e. The number of nitrogens with zero attached hydrogens (tertiary/aromatic N) is 1. The molecule has 1 aromatic heterocycles. The van der Waals surface area contributed by atoms with Gasteiger partial charge in [-0.1, -0.05) is 30.3 Å². The Kier molecular flexibility index (Phi) is 5.38. The first-order valence-corrected chi connectivity index (χ1v) is 10.6. The summed E-state index contributed by atoms with van der Waals surface area (Å²) in [6.07, 6.45) is 1.29. The molecule has 1 fully saturated rings. The maximum absolute atomic E-state index is 14.0. The summed E-state index contributed by atoms with van der Waals surface area (Å²) in [5.74, 6) is -0.269. The molecule has 2 aliphatic rings. The number of alkyl carbamates (subject to hydrolysis) is 1. The highest BCUT2D eigenvalue weighted by Crippen LogP contribution is 2.34. The molecule has 1 atom stereocenters. The van der Waals surface area contributed by atoms with Crippen LogP contribution in [0.3, 0.4) is 0 Å². The summed E-state index contributed by atoms with van der Waals surface area (Å²) in [6.45, 7) is 2.66. The molecule has 162 valence electrons. The molecule has 1 amide bonds. The zero-order valence-electron chi connectivity index (χ0n) is 17.3. The Hall–Kier alpha value is -2.90. The van der Waals surface area contributed by atoms with E-state index in [4.69, 9.17) is 14.2 Å². The fourth-order valence-corrected chi connectivity index (χ4v) is 4.56. The van der Waals surface area contributed by atoms with Crippen molar-refractivity contribution in [1.82, 2.24) is 9.88 Å². The van der Waals surface area contributed by atoms with Gasteiger partial charge in [-0.05, 0) is 55.5 Å². The van der Waals surface area contributed by atoms with Crippen molar-refractivity contribution in [2.75, 3.05) is 0 Å². The first-order chi connectivity index (χ1) is 15.1. The van der Waals surface area contributed by atoms with Crippen molar-refractivity contribution in [3.8, 4) is 0 Å². The molecule has 1 N–H and O–H groups in total. The van der Waals surface area contributed by atoms with Gasteiger partial charge in [0.05, 0.1) is 6.54 Å². The molecule has 1 saturated heterocycles. The zero-order chi connectivity index (χ0) is 21.4. The van der Waals surface area contributed by atoms with Gasteiger partial charge in [0, 0.05) is 22.6 Å². The van der Waals surface area contributed by atoms with Gasteiger partial charge < -0.3 is 24.1 Å². The minimum atomic E-state index is -0.433. The van der Waals surface area contributed by atoms with Crippen molar-refractivity contribution in [3.05, 3.63) is 71.2 Å². The number of fused-ring (bicyclic) bond motifs is 3. The van der Waals surface area contributed by atoms with Crippen molar-refractivity contribution in [3.63, 3.8) is 0 Å². The standard InChI is InChI=1S/C24H25FN2O4/c1-15-30-23(31-15)13-27-21-9-7-17(25)11-19(21)20-12-18(8-10-22(20)27)26-24(28)29-14-16-5-3-2-4-6-16/h2-7,9,11,15,18,23H,8,10,12-14H2,1H3,(H,26,28)/t15?,18-,23?/m0/s1. The van der Waals surface area contributed by atoms with E-state index in [1.165, 1.54) is 6.07 Å². The number of ether oxygens (including phenoxy) is 3. The molecule has 1 aliphatic carbocycles. The van der Waals surface area contributed by atoms with E-state index in [1.807, 2.05) is 43.3 Å². The summed E-state index contributed by atoms with van der Waals surface area (Å²) in [5.41, 5.74) is 4.13. The Balaban J connectivity index is 1.31. The van der Waals surface area contributed by atoms with Gasteiger partial charge in [0.15, 0.2) is 12.6 Å². The highest BCUT2D eigenvalue weighted by molar-refractivity contribution is 5.86.